The van der Waals surface area contributed by atoms with Crippen molar-refractivity contribution in [3.8, 4) is 0 Å². The number of nitrogens with zero attached hydrogens (tertiary/aromatic N) is 1. The van der Waals surface area contributed by atoms with Crippen LogP contribution in [-0.2, 0) is 9.84 Å². The second kappa shape index (κ2) is 5.16. The van der Waals surface area contributed by atoms with Gasteiger partial charge in [-0.15, -0.1) is 0 Å². The Morgan fingerprint density at radius 1 is 1.00 bits per heavy atom. The fourth-order valence-electron chi connectivity index (χ4n) is 3.22. The zero-order valence-corrected chi connectivity index (χ0v) is 12.0. The van der Waals surface area contributed by atoms with Gasteiger partial charge < -0.3 is 4.90 Å². The maximum atomic E-state index is 12.6. The van der Waals surface area contributed by atoms with Crippen LogP contribution in [0.4, 0.5) is 5.69 Å². The summed E-state index contributed by atoms with van der Waals surface area (Å²) < 4.78 is 25.2. The van der Waals surface area contributed by atoms with Crippen LogP contribution in [0.25, 0.3) is 0 Å². The Bertz CT molecular complexity index is 541. The third kappa shape index (κ3) is 2.50. The standard InChI is InChI=1S/C15H21NO2S/c17-19(18,14-7-1-2-8-14)15-9-5-6-13(12-15)16-10-3-4-11-16/h5-6,9,12,14H,1-4,7-8,10-11H2. The average molecular weight is 279 g/mol. The number of hydrogen-bond donors (Lipinski definition) is 0. The molecule has 0 atom stereocenters. The molecule has 2 aliphatic rings. The van der Waals surface area contributed by atoms with E-state index in [0.717, 1.165) is 44.5 Å². The van der Waals surface area contributed by atoms with Gasteiger partial charge in [-0.05, 0) is 43.9 Å². The topological polar surface area (TPSA) is 37.4 Å². The molecule has 2 fully saturated rings. The van der Waals surface area contributed by atoms with Gasteiger partial charge in [0.2, 0.25) is 0 Å². The number of anilines is 1. The van der Waals surface area contributed by atoms with E-state index in [1.165, 1.54) is 12.8 Å². The second-order valence-electron chi connectivity index (χ2n) is 5.64. The van der Waals surface area contributed by atoms with E-state index in [9.17, 15) is 8.42 Å². The first kappa shape index (κ1) is 13.0. The summed E-state index contributed by atoms with van der Waals surface area (Å²) in [6, 6.07) is 7.54. The molecule has 1 aromatic carbocycles. The van der Waals surface area contributed by atoms with E-state index in [0.29, 0.717) is 4.90 Å². The molecule has 1 aromatic rings. The van der Waals surface area contributed by atoms with Crippen molar-refractivity contribution in [3.63, 3.8) is 0 Å². The number of hydrogen-bond acceptors (Lipinski definition) is 3. The summed E-state index contributed by atoms with van der Waals surface area (Å²) in [4.78, 5) is 2.80. The third-order valence-electron chi connectivity index (χ3n) is 4.36. The number of sulfone groups is 1. The molecule has 0 spiro atoms. The lowest BCUT2D eigenvalue weighted by atomic mass is 10.3. The molecule has 104 valence electrons. The van der Waals surface area contributed by atoms with Crippen LogP contribution >= 0.6 is 0 Å². The summed E-state index contributed by atoms with van der Waals surface area (Å²) in [5.74, 6) is 0. The summed E-state index contributed by atoms with van der Waals surface area (Å²) in [5.41, 5.74) is 1.07. The van der Waals surface area contributed by atoms with Crippen molar-refractivity contribution in [1.29, 1.82) is 0 Å². The highest BCUT2D eigenvalue weighted by molar-refractivity contribution is 7.92. The Hall–Kier alpha value is -1.03. The first-order valence-electron chi connectivity index (χ1n) is 7.27. The normalized spacial score (nSPS) is 21.2. The maximum Gasteiger partial charge on any atom is 0.181 e. The molecule has 0 radical (unpaired) electrons. The predicted octanol–water partition coefficient (Wildman–Crippen LogP) is 3.00. The fourth-order valence-corrected chi connectivity index (χ4v) is 5.12. The Kier molecular flexibility index (Phi) is 3.52. The van der Waals surface area contributed by atoms with E-state index >= 15 is 0 Å². The van der Waals surface area contributed by atoms with Crippen LogP contribution in [-0.4, -0.2) is 26.8 Å². The van der Waals surface area contributed by atoms with Crippen LogP contribution in [0.5, 0.6) is 0 Å². The first-order chi connectivity index (χ1) is 9.18. The molecule has 1 heterocycles. The van der Waals surface area contributed by atoms with E-state index in [1.807, 2.05) is 18.2 Å². The highest BCUT2D eigenvalue weighted by Gasteiger charge is 2.30. The molecular formula is C15H21NO2S. The van der Waals surface area contributed by atoms with Crippen LogP contribution in [0.3, 0.4) is 0 Å². The van der Waals surface area contributed by atoms with E-state index in [4.69, 9.17) is 0 Å². The van der Waals surface area contributed by atoms with Gasteiger partial charge in [-0.25, -0.2) is 8.42 Å². The molecule has 1 saturated carbocycles. The largest absolute Gasteiger partial charge is 0.372 e. The van der Waals surface area contributed by atoms with E-state index in [-0.39, 0.29) is 5.25 Å². The van der Waals surface area contributed by atoms with Crippen LogP contribution in [0, 0.1) is 0 Å². The minimum atomic E-state index is -3.12. The van der Waals surface area contributed by atoms with E-state index in [2.05, 4.69) is 4.90 Å². The van der Waals surface area contributed by atoms with Crippen LogP contribution in [0.1, 0.15) is 38.5 Å². The Morgan fingerprint density at radius 2 is 1.68 bits per heavy atom. The van der Waals surface area contributed by atoms with Crippen molar-refractivity contribution >= 4 is 15.5 Å². The summed E-state index contributed by atoms with van der Waals surface area (Å²) >= 11 is 0. The second-order valence-corrected chi connectivity index (χ2v) is 7.87. The zero-order valence-electron chi connectivity index (χ0n) is 11.2. The van der Waals surface area contributed by atoms with Crippen molar-refractivity contribution < 1.29 is 8.42 Å². The molecule has 0 N–H and O–H groups in total. The molecule has 0 aromatic heterocycles. The van der Waals surface area contributed by atoms with Crippen molar-refractivity contribution in [2.75, 3.05) is 18.0 Å². The smallest absolute Gasteiger partial charge is 0.181 e. The highest BCUT2D eigenvalue weighted by atomic mass is 32.2. The van der Waals surface area contributed by atoms with Crippen LogP contribution in [0.2, 0.25) is 0 Å². The van der Waals surface area contributed by atoms with Gasteiger partial charge in [0.15, 0.2) is 9.84 Å². The lowest BCUT2D eigenvalue weighted by molar-refractivity contribution is 0.579. The van der Waals surface area contributed by atoms with Crippen molar-refractivity contribution in [2.45, 2.75) is 48.7 Å². The molecule has 1 saturated heterocycles. The van der Waals surface area contributed by atoms with Gasteiger partial charge in [-0.1, -0.05) is 18.9 Å². The summed E-state index contributed by atoms with van der Waals surface area (Å²) in [7, 11) is -3.12. The van der Waals surface area contributed by atoms with Crippen LogP contribution in [0.15, 0.2) is 29.2 Å². The molecular weight excluding hydrogens is 258 g/mol. The Balaban J connectivity index is 1.89. The molecule has 0 unspecified atom stereocenters. The van der Waals surface area contributed by atoms with E-state index in [1.54, 1.807) is 6.07 Å². The molecule has 0 amide bonds. The lowest BCUT2D eigenvalue weighted by Gasteiger charge is -2.19. The monoisotopic (exact) mass is 279 g/mol. The molecule has 1 aliphatic heterocycles. The quantitative estimate of drug-likeness (QED) is 0.853. The average Bonchev–Trinajstić information content (AvgIpc) is 3.12. The van der Waals surface area contributed by atoms with Crippen molar-refractivity contribution in [1.82, 2.24) is 0 Å². The molecule has 3 rings (SSSR count). The van der Waals surface area contributed by atoms with Crippen molar-refractivity contribution in [2.24, 2.45) is 0 Å². The zero-order chi connectivity index (χ0) is 13.3. The summed E-state index contributed by atoms with van der Waals surface area (Å²) in [6.45, 7) is 2.10. The fraction of sp³-hybridized carbons (Fsp3) is 0.600. The van der Waals surface area contributed by atoms with Gasteiger partial charge in [-0.2, -0.15) is 0 Å². The molecule has 4 heteroatoms. The van der Waals surface area contributed by atoms with Gasteiger partial charge in [0.25, 0.3) is 0 Å². The Morgan fingerprint density at radius 3 is 2.37 bits per heavy atom. The van der Waals surface area contributed by atoms with E-state index < -0.39 is 9.84 Å². The summed E-state index contributed by atoms with van der Waals surface area (Å²) in [6.07, 6.45) is 6.18. The van der Waals surface area contributed by atoms with Crippen molar-refractivity contribution in [3.05, 3.63) is 24.3 Å². The molecule has 1 aliphatic carbocycles. The first-order valence-corrected chi connectivity index (χ1v) is 8.81. The SMILES string of the molecule is O=S(=O)(c1cccc(N2CCCC2)c1)C1CCCC1. The van der Waals surface area contributed by atoms with Gasteiger partial charge in [-0.3, -0.25) is 0 Å². The van der Waals surface area contributed by atoms with Gasteiger partial charge in [0.05, 0.1) is 10.1 Å². The minimum absolute atomic E-state index is 0.152. The molecule has 19 heavy (non-hydrogen) atoms. The predicted molar refractivity (Wildman–Crippen MR) is 77.3 cm³/mol. The number of rotatable bonds is 3. The third-order valence-corrected chi connectivity index (χ3v) is 6.62. The number of benzene rings is 1. The van der Waals surface area contributed by atoms with Crippen LogP contribution < -0.4 is 4.90 Å². The molecule has 3 nitrogen and oxygen atoms in total. The molecule has 0 bridgehead atoms. The lowest BCUT2D eigenvalue weighted by Crippen LogP contribution is -2.20. The minimum Gasteiger partial charge on any atom is -0.372 e. The van der Waals surface area contributed by atoms with Gasteiger partial charge in [0, 0.05) is 18.8 Å². The van der Waals surface area contributed by atoms with Gasteiger partial charge in [0.1, 0.15) is 0 Å². The maximum absolute atomic E-state index is 12.6. The summed E-state index contributed by atoms with van der Waals surface area (Å²) in [5, 5.41) is -0.152. The Labute approximate surface area is 115 Å². The highest BCUT2D eigenvalue weighted by Crippen LogP contribution is 2.31. The van der Waals surface area contributed by atoms with Gasteiger partial charge >= 0.3 is 0 Å².